The number of hydrogen-bond acceptors (Lipinski definition) is 8. The van der Waals surface area contributed by atoms with Crippen LogP contribution in [0.2, 0.25) is 5.02 Å². The lowest BCUT2D eigenvalue weighted by molar-refractivity contribution is 0.0882. The van der Waals surface area contributed by atoms with Gasteiger partial charge in [0.1, 0.15) is 11.4 Å². The molecule has 0 aliphatic carbocycles. The van der Waals surface area contributed by atoms with E-state index >= 15 is 0 Å². The number of ether oxygens (including phenoxy) is 1. The Hall–Kier alpha value is -4.18. The van der Waals surface area contributed by atoms with E-state index in [2.05, 4.69) is 10.1 Å². The van der Waals surface area contributed by atoms with Crippen molar-refractivity contribution in [3.05, 3.63) is 91.6 Å². The molecule has 2 aromatic heterocycles. The molecule has 2 heterocycles. The van der Waals surface area contributed by atoms with Crippen LogP contribution in [0.4, 0.5) is 5.82 Å². The molecule has 174 valence electrons. The van der Waals surface area contributed by atoms with E-state index in [0.717, 1.165) is 10.1 Å². The summed E-state index contributed by atoms with van der Waals surface area (Å²) in [5.74, 6) is -0.791. The maximum Gasteiger partial charge on any atom is 0.418 e. The van der Waals surface area contributed by atoms with Crippen LogP contribution in [0.5, 0.6) is 6.08 Å². The lowest BCUT2D eigenvalue weighted by atomic mass is 10.2. The van der Waals surface area contributed by atoms with Crippen molar-refractivity contribution in [3.63, 3.8) is 0 Å². The number of ketones is 1. The average molecular weight is 482 g/mol. The molecule has 0 spiro atoms. The molecule has 0 saturated heterocycles. The molecule has 0 fully saturated rings. The van der Waals surface area contributed by atoms with Gasteiger partial charge in [-0.15, -0.1) is 0 Å². The average Bonchev–Trinajstić information content (AvgIpc) is 3.30. The summed E-state index contributed by atoms with van der Waals surface area (Å²) in [5.41, 5.74) is 5.70. The third kappa shape index (κ3) is 4.48. The largest absolute Gasteiger partial charge is 0.440 e. The van der Waals surface area contributed by atoms with Crippen LogP contribution in [0.25, 0.3) is 11.4 Å². The number of benzene rings is 2. The number of nitrogens with two attached hydrogens (primary N) is 1. The third-order valence-corrected chi connectivity index (χ3v) is 5.42. The van der Waals surface area contributed by atoms with Crippen molar-refractivity contribution in [3.8, 4) is 17.5 Å². The van der Waals surface area contributed by atoms with E-state index in [4.69, 9.17) is 26.6 Å². The van der Waals surface area contributed by atoms with Crippen LogP contribution in [0.1, 0.15) is 22.8 Å². The van der Waals surface area contributed by atoms with Crippen molar-refractivity contribution < 1.29 is 14.1 Å². The molecule has 0 aliphatic heterocycles. The van der Waals surface area contributed by atoms with Gasteiger partial charge in [-0.3, -0.25) is 23.2 Å². The quantitative estimate of drug-likeness (QED) is 0.379. The molecule has 0 aliphatic rings. The number of carbonyl (C=O) groups is 1. The number of nitrogen functional groups attached to an aromatic ring is 1. The summed E-state index contributed by atoms with van der Waals surface area (Å²) in [6.45, 7) is 1.19. The summed E-state index contributed by atoms with van der Waals surface area (Å²) < 4.78 is 12.5. The molecule has 0 saturated carbocycles. The Kier molecular flexibility index (Phi) is 6.60. The maximum absolute atomic E-state index is 12.9. The van der Waals surface area contributed by atoms with Crippen molar-refractivity contribution in [1.29, 1.82) is 0 Å². The second kappa shape index (κ2) is 9.75. The van der Waals surface area contributed by atoms with E-state index in [1.54, 1.807) is 31.2 Å². The van der Waals surface area contributed by atoms with Crippen LogP contribution < -0.4 is 21.7 Å². The second-order valence-corrected chi connectivity index (χ2v) is 7.65. The van der Waals surface area contributed by atoms with Gasteiger partial charge < -0.3 is 10.5 Å². The fourth-order valence-electron chi connectivity index (χ4n) is 3.39. The predicted octanol–water partition coefficient (Wildman–Crippen LogP) is 2.63. The summed E-state index contributed by atoms with van der Waals surface area (Å²) in [5, 5.41) is 4.21. The maximum atomic E-state index is 12.9. The predicted molar refractivity (Wildman–Crippen MR) is 125 cm³/mol. The van der Waals surface area contributed by atoms with Gasteiger partial charge in [-0.2, -0.15) is 4.98 Å². The van der Waals surface area contributed by atoms with Gasteiger partial charge in [0, 0.05) is 12.1 Å². The van der Waals surface area contributed by atoms with E-state index in [0.29, 0.717) is 10.6 Å². The summed E-state index contributed by atoms with van der Waals surface area (Å²) in [4.78, 5) is 42.7. The van der Waals surface area contributed by atoms with Crippen LogP contribution in [0.3, 0.4) is 0 Å². The zero-order valence-corrected chi connectivity index (χ0v) is 18.9. The van der Waals surface area contributed by atoms with E-state index in [-0.39, 0.29) is 36.4 Å². The highest BCUT2D eigenvalue weighted by Gasteiger charge is 2.24. The lowest BCUT2D eigenvalue weighted by Gasteiger charge is -2.15. The van der Waals surface area contributed by atoms with Gasteiger partial charge in [-0.1, -0.05) is 59.2 Å². The highest BCUT2D eigenvalue weighted by atomic mass is 35.5. The second-order valence-electron chi connectivity index (χ2n) is 7.24. The summed E-state index contributed by atoms with van der Waals surface area (Å²) in [6, 6.07) is 16.0. The van der Waals surface area contributed by atoms with Crippen LogP contribution in [-0.4, -0.2) is 31.7 Å². The molecule has 2 aromatic carbocycles. The van der Waals surface area contributed by atoms with Gasteiger partial charge >= 0.3 is 11.8 Å². The molecule has 0 atom stereocenters. The highest BCUT2D eigenvalue weighted by Crippen LogP contribution is 2.26. The van der Waals surface area contributed by atoms with E-state index in [9.17, 15) is 14.4 Å². The molecule has 2 N–H and O–H groups in total. The molecular formula is C23H20ClN5O5. The monoisotopic (exact) mass is 481 g/mol. The Morgan fingerprint density at radius 2 is 1.79 bits per heavy atom. The number of rotatable bonds is 8. The van der Waals surface area contributed by atoms with Crippen LogP contribution in [0, 0.1) is 0 Å². The van der Waals surface area contributed by atoms with Gasteiger partial charge in [0.15, 0.2) is 6.61 Å². The number of carbonyl (C=O) groups excluding carboxylic acids is 1. The van der Waals surface area contributed by atoms with E-state index in [1.807, 2.05) is 30.3 Å². The Morgan fingerprint density at radius 1 is 1.09 bits per heavy atom. The van der Waals surface area contributed by atoms with Crippen LogP contribution in [-0.2, 0) is 13.1 Å². The molecule has 0 unspecified atom stereocenters. The molecule has 10 nitrogen and oxygen atoms in total. The van der Waals surface area contributed by atoms with Gasteiger partial charge in [0.2, 0.25) is 11.6 Å². The number of hydrogen-bond donors (Lipinski definition) is 1. The fraction of sp³-hybridized carbons (Fsp3) is 0.174. The molecule has 11 heteroatoms. The molecule has 34 heavy (non-hydrogen) atoms. The topological polar surface area (TPSA) is 135 Å². The molecule has 0 amide bonds. The van der Waals surface area contributed by atoms with Gasteiger partial charge in [-0.25, -0.2) is 4.79 Å². The zero-order chi connectivity index (χ0) is 24.2. The fourth-order valence-corrected chi connectivity index (χ4v) is 3.61. The first kappa shape index (κ1) is 23.0. The summed E-state index contributed by atoms with van der Waals surface area (Å²) >= 11 is 6.13. The first-order chi connectivity index (χ1) is 16.4. The standard InChI is InChI=1S/C23H20ClN5O5/c1-2-28-21(31)18(19(25)29(23(28)32)12-14-8-4-3-5-9-14)17(30)13-33-22-26-20(27-34-22)15-10-6-7-11-16(15)24/h3-11H,2,12-13,25H2,1H3. The van der Waals surface area contributed by atoms with E-state index < -0.39 is 23.6 Å². The van der Waals surface area contributed by atoms with Crippen molar-refractivity contribution >= 4 is 23.2 Å². The Labute approximate surface area is 198 Å². The molecule has 0 bridgehead atoms. The Balaban J connectivity index is 1.61. The Bertz CT molecular complexity index is 1460. The Morgan fingerprint density at radius 3 is 2.50 bits per heavy atom. The van der Waals surface area contributed by atoms with Crippen molar-refractivity contribution in [2.24, 2.45) is 0 Å². The molecule has 4 aromatic rings. The summed E-state index contributed by atoms with van der Waals surface area (Å²) in [7, 11) is 0. The van der Waals surface area contributed by atoms with Crippen LogP contribution >= 0.6 is 11.6 Å². The number of anilines is 1. The van der Waals surface area contributed by atoms with Crippen molar-refractivity contribution in [2.75, 3.05) is 12.3 Å². The molecule has 0 radical (unpaired) electrons. The first-order valence-electron chi connectivity index (χ1n) is 10.3. The normalized spacial score (nSPS) is 10.9. The number of halogens is 1. The first-order valence-corrected chi connectivity index (χ1v) is 10.7. The van der Waals surface area contributed by atoms with Gasteiger partial charge in [-0.05, 0) is 24.6 Å². The molecular weight excluding hydrogens is 462 g/mol. The van der Waals surface area contributed by atoms with Gasteiger partial charge in [0.05, 0.1) is 11.6 Å². The minimum atomic E-state index is -0.787. The third-order valence-electron chi connectivity index (χ3n) is 5.10. The van der Waals surface area contributed by atoms with Crippen molar-refractivity contribution in [1.82, 2.24) is 19.3 Å². The zero-order valence-electron chi connectivity index (χ0n) is 18.1. The van der Waals surface area contributed by atoms with Crippen molar-refractivity contribution in [2.45, 2.75) is 20.0 Å². The van der Waals surface area contributed by atoms with E-state index in [1.165, 1.54) is 4.57 Å². The highest BCUT2D eigenvalue weighted by molar-refractivity contribution is 6.33. The minimum Gasteiger partial charge on any atom is -0.440 e. The SMILES string of the molecule is CCn1c(=O)c(C(=O)COc2nc(-c3ccccc3Cl)no2)c(N)n(Cc2ccccc2)c1=O. The number of Topliss-reactive ketones (excluding diaryl/α,β-unsaturated/α-hetero) is 1. The van der Waals surface area contributed by atoms with Crippen LogP contribution in [0.15, 0.2) is 68.7 Å². The minimum absolute atomic E-state index is 0.0682. The number of aromatic nitrogens is 4. The number of nitrogens with zero attached hydrogens (tertiary/aromatic N) is 4. The van der Waals surface area contributed by atoms with Gasteiger partial charge in [0.25, 0.3) is 5.56 Å². The molecule has 4 rings (SSSR count). The summed E-state index contributed by atoms with van der Waals surface area (Å²) in [6.07, 6.45) is -0.282. The smallest absolute Gasteiger partial charge is 0.418 e. The lowest BCUT2D eigenvalue weighted by Crippen LogP contribution is -2.44.